The first-order valence-electron chi connectivity index (χ1n) is 5.97. The molecule has 1 aromatic carbocycles. The van der Waals surface area contributed by atoms with E-state index in [0.717, 1.165) is 25.7 Å². The average molecular weight is 235 g/mol. The Labute approximate surface area is 100 Å². The van der Waals surface area contributed by atoms with Crippen molar-refractivity contribution in [2.45, 2.75) is 38.2 Å². The van der Waals surface area contributed by atoms with E-state index in [0.29, 0.717) is 11.4 Å². The molecule has 0 bridgehead atoms. The number of nitrogens with two attached hydrogens (primary N) is 1. The molecule has 92 valence electrons. The molecule has 1 aliphatic rings. The second-order valence-corrected chi connectivity index (χ2v) is 4.41. The van der Waals surface area contributed by atoms with Crippen LogP contribution in [0.2, 0.25) is 0 Å². The number of carboxylic acids is 1. The number of nitrogen functional groups attached to an aromatic ring is 1. The molecule has 0 amide bonds. The zero-order valence-electron chi connectivity index (χ0n) is 9.69. The molecule has 0 unspecified atom stereocenters. The zero-order valence-corrected chi connectivity index (χ0v) is 9.69. The summed E-state index contributed by atoms with van der Waals surface area (Å²) >= 11 is 0. The first-order valence-corrected chi connectivity index (χ1v) is 5.97. The Morgan fingerprint density at radius 2 is 2.00 bits per heavy atom. The summed E-state index contributed by atoms with van der Waals surface area (Å²) < 4.78 is 5.77. The van der Waals surface area contributed by atoms with Crippen molar-refractivity contribution in [1.82, 2.24) is 0 Å². The lowest BCUT2D eigenvalue weighted by Gasteiger charge is -2.24. The molecular formula is C13H17NO3. The largest absolute Gasteiger partial charge is 0.487 e. The molecule has 3 N–H and O–H groups in total. The third-order valence-corrected chi connectivity index (χ3v) is 3.11. The minimum atomic E-state index is -0.997. The molecular weight excluding hydrogens is 218 g/mol. The fourth-order valence-electron chi connectivity index (χ4n) is 2.20. The van der Waals surface area contributed by atoms with Crippen LogP contribution in [0, 0.1) is 0 Å². The molecule has 2 rings (SSSR count). The third kappa shape index (κ3) is 2.70. The summed E-state index contributed by atoms with van der Waals surface area (Å²) in [6.45, 7) is 0. The summed E-state index contributed by atoms with van der Waals surface area (Å²) in [5, 5.41) is 9.08. The standard InChI is InChI=1S/C13H17NO3/c14-11-8-4-7-10(13(15)16)12(11)17-9-5-2-1-3-6-9/h4,7-9H,1-3,5-6,14H2,(H,15,16). The number of aromatic carboxylic acids is 1. The average Bonchev–Trinajstić information content (AvgIpc) is 2.33. The van der Waals surface area contributed by atoms with E-state index >= 15 is 0 Å². The molecule has 0 spiro atoms. The monoisotopic (exact) mass is 235 g/mol. The number of anilines is 1. The van der Waals surface area contributed by atoms with Crippen molar-refractivity contribution in [1.29, 1.82) is 0 Å². The maximum absolute atomic E-state index is 11.1. The SMILES string of the molecule is Nc1cccc(C(=O)O)c1OC1CCCCC1. The lowest BCUT2D eigenvalue weighted by atomic mass is 9.97. The smallest absolute Gasteiger partial charge is 0.339 e. The third-order valence-electron chi connectivity index (χ3n) is 3.11. The predicted molar refractivity (Wildman–Crippen MR) is 65.3 cm³/mol. The highest BCUT2D eigenvalue weighted by Crippen LogP contribution is 2.30. The molecule has 17 heavy (non-hydrogen) atoms. The van der Waals surface area contributed by atoms with Crippen molar-refractivity contribution < 1.29 is 14.6 Å². The lowest BCUT2D eigenvalue weighted by molar-refractivity contribution is 0.0686. The van der Waals surface area contributed by atoms with Gasteiger partial charge in [-0.3, -0.25) is 0 Å². The number of benzene rings is 1. The highest BCUT2D eigenvalue weighted by Gasteiger charge is 2.20. The minimum absolute atomic E-state index is 0.103. The summed E-state index contributed by atoms with van der Waals surface area (Å²) in [4.78, 5) is 11.1. The minimum Gasteiger partial charge on any atom is -0.487 e. The van der Waals surface area contributed by atoms with Crippen molar-refractivity contribution in [3.63, 3.8) is 0 Å². The molecule has 1 aromatic rings. The highest BCUT2D eigenvalue weighted by atomic mass is 16.5. The van der Waals surface area contributed by atoms with E-state index in [1.165, 1.54) is 12.5 Å². The number of ether oxygens (including phenoxy) is 1. The van der Waals surface area contributed by atoms with Gasteiger partial charge in [0.25, 0.3) is 0 Å². The predicted octanol–water partition coefficient (Wildman–Crippen LogP) is 2.68. The maximum atomic E-state index is 11.1. The van der Waals surface area contributed by atoms with Crippen LogP contribution in [0.5, 0.6) is 5.75 Å². The Bertz CT molecular complexity index is 411. The van der Waals surface area contributed by atoms with Gasteiger partial charge in [-0.1, -0.05) is 12.5 Å². The van der Waals surface area contributed by atoms with Gasteiger partial charge in [-0.25, -0.2) is 4.79 Å². The van der Waals surface area contributed by atoms with Gasteiger partial charge >= 0.3 is 5.97 Å². The Morgan fingerprint density at radius 1 is 1.29 bits per heavy atom. The van der Waals surface area contributed by atoms with E-state index in [-0.39, 0.29) is 11.7 Å². The van der Waals surface area contributed by atoms with Crippen LogP contribution < -0.4 is 10.5 Å². The molecule has 0 aromatic heterocycles. The van der Waals surface area contributed by atoms with Gasteiger partial charge < -0.3 is 15.6 Å². The van der Waals surface area contributed by atoms with Gasteiger partial charge in [0.05, 0.1) is 11.8 Å². The number of hydrogen-bond acceptors (Lipinski definition) is 3. The van der Waals surface area contributed by atoms with Crippen molar-refractivity contribution >= 4 is 11.7 Å². The van der Waals surface area contributed by atoms with Crippen molar-refractivity contribution in [2.24, 2.45) is 0 Å². The fraction of sp³-hybridized carbons (Fsp3) is 0.462. The van der Waals surface area contributed by atoms with Gasteiger partial charge in [0.1, 0.15) is 5.56 Å². The molecule has 0 aliphatic heterocycles. The van der Waals surface area contributed by atoms with Gasteiger partial charge in [0, 0.05) is 0 Å². The van der Waals surface area contributed by atoms with E-state index in [1.54, 1.807) is 12.1 Å². The maximum Gasteiger partial charge on any atom is 0.339 e. The highest BCUT2D eigenvalue weighted by molar-refractivity contribution is 5.93. The van der Waals surface area contributed by atoms with Gasteiger partial charge in [0.2, 0.25) is 0 Å². The summed E-state index contributed by atoms with van der Waals surface area (Å²) in [6, 6.07) is 4.83. The first-order chi connectivity index (χ1) is 8.18. The second-order valence-electron chi connectivity index (χ2n) is 4.41. The Morgan fingerprint density at radius 3 is 2.65 bits per heavy atom. The summed E-state index contributed by atoms with van der Waals surface area (Å²) in [5.74, 6) is -0.671. The topological polar surface area (TPSA) is 72.6 Å². The fourth-order valence-corrected chi connectivity index (χ4v) is 2.20. The molecule has 0 atom stereocenters. The summed E-state index contributed by atoms with van der Waals surface area (Å²) in [5.41, 5.74) is 6.34. The van der Waals surface area contributed by atoms with Crippen molar-refractivity contribution in [2.75, 3.05) is 5.73 Å². The van der Waals surface area contributed by atoms with E-state index in [1.807, 2.05) is 0 Å². The van der Waals surface area contributed by atoms with E-state index in [9.17, 15) is 4.79 Å². The van der Waals surface area contributed by atoms with E-state index in [2.05, 4.69) is 0 Å². The van der Waals surface area contributed by atoms with Crippen LogP contribution >= 0.6 is 0 Å². The molecule has 0 heterocycles. The van der Waals surface area contributed by atoms with Gasteiger partial charge in [-0.05, 0) is 37.8 Å². The first kappa shape index (κ1) is 11.8. The molecule has 4 nitrogen and oxygen atoms in total. The number of para-hydroxylation sites is 1. The zero-order chi connectivity index (χ0) is 12.3. The van der Waals surface area contributed by atoms with Gasteiger partial charge in [-0.15, -0.1) is 0 Å². The van der Waals surface area contributed by atoms with Crippen molar-refractivity contribution in [3.05, 3.63) is 23.8 Å². The Balaban J connectivity index is 2.21. The number of carbonyl (C=O) groups is 1. The normalized spacial score (nSPS) is 16.7. The van der Waals surface area contributed by atoms with E-state index in [4.69, 9.17) is 15.6 Å². The molecule has 0 saturated heterocycles. The number of carboxylic acid groups (broad SMARTS) is 1. The lowest BCUT2D eigenvalue weighted by Crippen LogP contribution is -2.21. The van der Waals surface area contributed by atoms with Crippen LogP contribution in [0.15, 0.2) is 18.2 Å². The Kier molecular flexibility index (Phi) is 3.52. The van der Waals surface area contributed by atoms with Crippen LogP contribution in [0.4, 0.5) is 5.69 Å². The number of rotatable bonds is 3. The van der Waals surface area contributed by atoms with Crippen LogP contribution in [0.1, 0.15) is 42.5 Å². The van der Waals surface area contributed by atoms with Crippen molar-refractivity contribution in [3.8, 4) is 5.75 Å². The molecule has 4 heteroatoms. The van der Waals surface area contributed by atoms with Crippen LogP contribution in [0.3, 0.4) is 0 Å². The van der Waals surface area contributed by atoms with Gasteiger partial charge in [-0.2, -0.15) is 0 Å². The van der Waals surface area contributed by atoms with Crippen LogP contribution in [-0.2, 0) is 0 Å². The molecule has 0 radical (unpaired) electrons. The summed E-state index contributed by atoms with van der Waals surface area (Å²) in [7, 11) is 0. The van der Waals surface area contributed by atoms with Gasteiger partial charge in [0.15, 0.2) is 5.75 Å². The second kappa shape index (κ2) is 5.08. The molecule has 1 saturated carbocycles. The van der Waals surface area contributed by atoms with Crippen LogP contribution in [-0.4, -0.2) is 17.2 Å². The van der Waals surface area contributed by atoms with Crippen LogP contribution in [0.25, 0.3) is 0 Å². The molecule has 1 fully saturated rings. The van der Waals surface area contributed by atoms with E-state index < -0.39 is 5.97 Å². The quantitative estimate of drug-likeness (QED) is 0.790. The summed E-state index contributed by atoms with van der Waals surface area (Å²) in [6.07, 6.45) is 5.57. The Hall–Kier alpha value is -1.71. The molecule has 1 aliphatic carbocycles. The number of hydrogen-bond donors (Lipinski definition) is 2.